The SMILES string of the molecule is C=C=NCC1=CCC(CNC(=O)CCC(CC)(CCC(=O)NCC2=CC(C)C(CC)=CC=C2)C(=O)NCc2cccc(CN)c2)=CC=C1. The van der Waals surface area contributed by atoms with Crippen molar-refractivity contribution in [1.29, 1.82) is 0 Å². The van der Waals surface area contributed by atoms with E-state index in [9.17, 15) is 14.4 Å². The lowest BCUT2D eigenvalue weighted by atomic mass is 9.75. The molecule has 8 heteroatoms. The van der Waals surface area contributed by atoms with Crippen molar-refractivity contribution in [3.63, 3.8) is 0 Å². The van der Waals surface area contributed by atoms with Crippen LogP contribution in [0.15, 0.2) is 107 Å². The zero-order valence-electron chi connectivity index (χ0n) is 28.9. The third-order valence-electron chi connectivity index (χ3n) is 9.22. The molecule has 0 fully saturated rings. The molecule has 3 rings (SSSR count). The zero-order chi connectivity index (χ0) is 34.8. The van der Waals surface area contributed by atoms with Crippen molar-refractivity contribution in [2.75, 3.05) is 19.6 Å². The van der Waals surface area contributed by atoms with Crippen molar-refractivity contribution in [3.8, 4) is 0 Å². The number of nitrogens with two attached hydrogens (primary N) is 1. The standard InChI is InChI=1S/C40H53N5O3/c1-5-36-16-10-15-34(23-30(36)4)28-44-38(47)20-22-40(6-2,39(48)45-29-35-14-9-13-33(24-35)25-41)21-19-37(46)43-27-32-12-8-11-31(17-18-32)26-42-7-3/h8-17,23-24,30H,3,5-6,18-22,25-29,41H2,1-2,4H3,(H,43,46)(H,44,47)(H,45,48). The summed E-state index contributed by atoms with van der Waals surface area (Å²) in [5.41, 5.74) is 11.4. The van der Waals surface area contributed by atoms with Crippen LogP contribution in [-0.2, 0) is 27.5 Å². The molecule has 0 saturated heterocycles. The van der Waals surface area contributed by atoms with Gasteiger partial charge in [-0.15, -0.1) is 0 Å². The summed E-state index contributed by atoms with van der Waals surface area (Å²) in [6.45, 7) is 11.9. The molecule has 2 aliphatic carbocycles. The average molecular weight is 652 g/mol. The molecule has 0 spiro atoms. The maximum atomic E-state index is 13.9. The number of nitrogens with one attached hydrogen (secondary N) is 3. The van der Waals surface area contributed by atoms with E-state index < -0.39 is 5.41 Å². The molecule has 256 valence electrons. The van der Waals surface area contributed by atoms with Gasteiger partial charge in [-0.05, 0) is 78.3 Å². The zero-order valence-corrected chi connectivity index (χ0v) is 28.9. The molecular formula is C40H53N5O3. The molecule has 2 unspecified atom stereocenters. The fourth-order valence-corrected chi connectivity index (χ4v) is 5.99. The van der Waals surface area contributed by atoms with E-state index in [-0.39, 0.29) is 30.6 Å². The number of hydrogen-bond donors (Lipinski definition) is 4. The predicted octanol–water partition coefficient (Wildman–Crippen LogP) is 6.09. The van der Waals surface area contributed by atoms with E-state index in [1.54, 1.807) is 0 Å². The molecule has 0 aromatic heterocycles. The van der Waals surface area contributed by atoms with Crippen LogP contribution in [0, 0.1) is 11.3 Å². The van der Waals surface area contributed by atoms with Gasteiger partial charge in [0.1, 0.15) is 0 Å². The molecule has 5 N–H and O–H groups in total. The largest absolute Gasteiger partial charge is 0.352 e. The minimum atomic E-state index is -0.885. The molecule has 3 amide bonds. The first kappa shape index (κ1) is 37.9. The molecule has 0 radical (unpaired) electrons. The molecule has 0 saturated carbocycles. The van der Waals surface area contributed by atoms with Crippen LogP contribution >= 0.6 is 0 Å². The normalized spacial score (nSPS) is 16.9. The Bertz CT molecular complexity index is 1520. The second kappa shape index (κ2) is 20.0. The van der Waals surface area contributed by atoms with Gasteiger partial charge >= 0.3 is 0 Å². The molecule has 2 atom stereocenters. The van der Waals surface area contributed by atoms with Crippen molar-refractivity contribution < 1.29 is 14.4 Å². The molecule has 48 heavy (non-hydrogen) atoms. The molecule has 0 bridgehead atoms. The smallest absolute Gasteiger partial charge is 0.226 e. The number of amides is 3. The van der Waals surface area contributed by atoms with E-state index in [1.165, 1.54) is 5.57 Å². The fraction of sp³-hybridized carbons (Fsp3) is 0.425. The highest BCUT2D eigenvalue weighted by molar-refractivity contribution is 5.85. The van der Waals surface area contributed by atoms with Crippen LogP contribution in [0.3, 0.4) is 0 Å². The van der Waals surface area contributed by atoms with Crippen molar-refractivity contribution in [3.05, 3.63) is 113 Å². The highest BCUT2D eigenvalue weighted by Gasteiger charge is 2.37. The number of aliphatic imine (C=N–C) groups is 1. The van der Waals surface area contributed by atoms with Crippen LogP contribution in [0.4, 0.5) is 0 Å². The van der Waals surface area contributed by atoms with Gasteiger partial charge in [0.15, 0.2) is 0 Å². The first-order chi connectivity index (χ1) is 23.2. The van der Waals surface area contributed by atoms with Crippen molar-refractivity contribution in [2.45, 2.75) is 78.8 Å². The van der Waals surface area contributed by atoms with Gasteiger partial charge in [0.05, 0.1) is 6.54 Å². The summed E-state index contributed by atoms with van der Waals surface area (Å²) < 4.78 is 0. The number of hydrogen-bond acceptors (Lipinski definition) is 5. The summed E-state index contributed by atoms with van der Waals surface area (Å²) in [5, 5.41) is 9.17. The summed E-state index contributed by atoms with van der Waals surface area (Å²) >= 11 is 0. The third kappa shape index (κ3) is 12.3. The topological polar surface area (TPSA) is 126 Å². The van der Waals surface area contributed by atoms with Crippen molar-refractivity contribution >= 4 is 23.6 Å². The first-order valence-corrected chi connectivity index (χ1v) is 17.1. The molecule has 0 aliphatic heterocycles. The van der Waals surface area contributed by atoms with Gasteiger partial charge in [-0.3, -0.25) is 14.4 Å². The van der Waals surface area contributed by atoms with E-state index in [0.717, 1.165) is 34.3 Å². The number of benzene rings is 1. The van der Waals surface area contributed by atoms with Crippen LogP contribution in [0.25, 0.3) is 0 Å². The van der Waals surface area contributed by atoms with Gasteiger partial charge in [-0.1, -0.05) is 99.2 Å². The Labute approximate surface area is 286 Å². The Balaban J connectivity index is 1.63. The number of nitrogens with zero attached hydrogens (tertiary/aromatic N) is 1. The Morgan fingerprint density at radius 3 is 2.33 bits per heavy atom. The lowest BCUT2D eigenvalue weighted by Gasteiger charge is -2.31. The molecule has 2 aliphatic rings. The van der Waals surface area contributed by atoms with E-state index in [0.29, 0.717) is 64.3 Å². The molecule has 1 aromatic rings. The number of rotatable bonds is 18. The lowest BCUT2D eigenvalue weighted by Crippen LogP contribution is -2.42. The van der Waals surface area contributed by atoms with E-state index in [1.807, 2.05) is 61.6 Å². The van der Waals surface area contributed by atoms with Gasteiger partial charge in [-0.25, -0.2) is 4.99 Å². The Morgan fingerprint density at radius 1 is 0.958 bits per heavy atom. The summed E-state index contributed by atoms with van der Waals surface area (Å²) in [5.74, 6) is 2.47. The number of allylic oxidation sites excluding steroid dienone is 7. The number of carbonyl (C=O) groups excluding carboxylic acids is 3. The van der Waals surface area contributed by atoms with E-state index >= 15 is 0 Å². The predicted molar refractivity (Wildman–Crippen MR) is 196 cm³/mol. The molecule has 8 nitrogen and oxygen atoms in total. The Kier molecular flexibility index (Phi) is 15.8. The molecular weight excluding hydrogens is 598 g/mol. The monoisotopic (exact) mass is 651 g/mol. The van der Waals surface area contributed by atoms with Gasteiger partial charge in [-0.2, -0.15) is 0 Å². The molecule has 0 heterocycles. The van der Waals surface area contributed by atoms with Gasteiger partial charge in [0.25, 0.3) is 0 Å². The minimum absolute atomic E-state index is 0.116. The van der Waals surface area contributed by atoms with Gasteiger partial charge < -0.3 is 21.7 Å². The lowest BCUT2D eigenvalue weighted by molar-refractivity contribution is -0.133. The van der Waals surface area contributed by atoms with Crippen LogP contribution in [0.1, 0.15) is 76.8 Å². The van der Waals surface area contributed by atoms with Crippen molar-refractivity contribution in [2.24, 2.45) is 22.1 Å². The Hall–Kier alpha value is -4.52. The summed E-state index contributed by atoms with van der Waals surface area (Å²) in [6, 6.07) is 7.81. The summed E-state index contributed by atoms with van der Waals surface area (Å²) in [6.07, 6.45) is 19.7. The summed E-state index contributed by atoms with van der Waals surface area (Å²) in [4.78, 5) is 44.1. The van der Waals surface area contributed by atoms with Crippen LogP contribution in [0.5, 0.6) is 0 Å². The highest BCUT2D eigenvalue weighted by atomic mass is 16.2. The second-order valence-corrected chi connectivity index (χ2v) is 12.5. The first-order valence-electron chi connectivity index (χ1n) is 17.1. The molecule has 1 aromatic carbocycles. The average Bonchev–Trinajstić information content (AvgIpc) is 3.45. The maximum absolute atomic E-state index is 13.9. The quantitative estimate of drug-likeness (QED) is 0.143. The van der Waals surface area contributed by atoms with Crippen LogP contribution < -0.4 is 21.7 Å². The van der Waals surface area contributed by atoms with Gasteiger partial charge in [0, 0.05) is 44.4 Å². The maximum Gasteiger partial charge on any atom is 0.226 e. The third-order valence-corrected chi connectivity index (χ3v) is 9.22. The van der Waals surface area contributed by atoms with Crippen LogP contribution in [0.2, 0.25) is 0 Å². The van der Waals surface area contributed by atoms with E-state index in [2.05, 4.69) is 65.5 Å². The minimum Gasteiger partial charge on any atom is -0.352 e. The summed E-state index contributed by atoms with van der Waals surface area (Å²) in [7, 11) is 0. The Morgan fingerprint density at radius 2 is 1.65 bits per heavy atom. The van der Waals surface area contributed by atoms with Gasteiger partial charge in [0.2, 0.25) is 17.7 Å². The second-order valence-electron chi connectivity index (χ2n) is 12.5. The number of carbonyl (C=O) groups is 3. The fourth-order valence-electron chi connectivity index (χ4n) is 5.99. The highest BCUT2D eigenvalue weighted by Crippen LogP contribution is 2.34. The van der Waals surface area contributed by atoms with E-state index in [4.69, 9.17) is 5.73 Å². The van der Waals surface area contributed by atoms with Crippen LogP contribution in [-0.4, -0.2) is 43.2 Å². The van der Waals surface area contributed by atoms with Crippen molar-refractivity contribution in [1.82, 2.24) is 16.0 Å².